The fourth-order valence-electron chi connectivity index (χ4n) is 6.30. The van der Waals surface area contributed by atoms with E-state index < -0.39 is 5.82 Å². The molecule has 0 aliphatic carbocycles. The number of benzene rings is 1. The van der Waals surface area contributed by atoms with Crippen molar-refractivity contribution < 1.29 is 13.9 Å². The maximum Gasteiger partial charge on any atom is 0.282 e. The number of likely N-dealkylation sites (tertiary alicyclic amines) is 1. The van der Waals surface area contributed by atoms with Gasteiger partial charge in [-0.15, -0.1) is 10.2 Å². The second kappa shape index (κ2) is 12.6. The van der Waals surface area contributed by atoms with Gasteiger partial charge >= 0.3 is 0 Å². The van der Waals surface area contributed by atoms with Crippen molar-refractivity contribution in [2.45, 2.75) is 85.4 Å². The maximum atomic E-state index is 14.3. The molecule has 0 unspecified atom stereocenters. The van der Waals surface area contributed by atoms with Crippen LogP contribution in [0, 0.1) is 17.2 Å². The highest BCUT2D eigenvalue weighted by Gasteiger charge is 2.50. The number of anilines is 1. The van der Waals surface area contributed by atoms with Crippen LogP contribution in [0.4, 0.5) is 10.2 Å². The summed E-state index contributed by atoms with van der Waals surface area (Å²) in [5.41, 5.74) is 0.504. The molecular formula is C31H48FN7O2. The number of ether oxygens (including phenoxy) is 1. The van der Waals surface area contributed by atoms with Gasteiger partial charge in [-0.3, -0.25) is 9.69 Å². The van der Waals surface area contributed by atoms with Gasteiger partial charge in [-0.05, 0) is 85.0 Å². The van der Waals surface area contributed by atoms with Gasteiger partial charge in [0.2, 0.25) is 0 Å². The Labute approximate surface area is 244 Å². The highest BCUT2D eigenvalue weighted by Crippen LogP contribution is 2.44. The normalized spacial score (nSPS) is 17.8. The summed E-state index contributed by atoms with van der Waals surface area (Å²) in [5, 5.41) is 11.6. The van der Waals surface area contributed by atoms with Gasteiger partial charge in [0.25, 0.3) is 11.8 Å². The van der Waals surface area contributed by atoms with Crippen molar-refractivity contribution in [2.75, 3.05) is 44.7 Å². The van der Waals surface area contributed by atoms with Crippen molar-refractivity contribution in [3.63, 3.8) is 0 Å². The number of nitrogens with zero attached hydrogens (tertiary/aromatic N) is 6. The minimum Gasteiger partial charge on any atom is -0.434 e. The van der Waals surface area contributed by atoms with E-state index in [0.29, 0.717) is 24.3 Å². The summed E-state index contributed by atoms with van der Waals surface area (Å²) in [6.07, 6.45) is 4.80. The first kappa shape index (κ1) is 31.1. The molecule has 1 spiro atoms. The number of hydrogen-bond acceptors (Lipinski definition) is 8. The van der Waals surface area contributed by atoms with Gasteiger partial charge in [0, 0.05) is 55.8 Å². The second-order valence-corrected chi connectivity index (χ2v) is 13.1. The van der Waals surface area contributed by atoms with Crippen molar-refractivity contribution in [3.8, 4) is 11.6 Å². The van der Waals surface area contributed by atoms with Crippen molar-refractivity contribution in [3.05, 3.63) is 35.9 Å². The van der Waals surface area contributed by atoms with Crippen LogP contribution in [-0.2, 0) is 0 Å². The zero-order chi connectivity index (χ0) is 29.9. The van der Waals surface area contributed by atoms with Crippen LogP contribution in [0.1, 0.15) is 78.1 Å². The molecule has 1 N–H and O–H groups in total. The summed E-state index contributed by atoms with van der Waals surface area (Å²) < 4.78 is 20.4. The molecule has 0 saturated carbocycles. The molecule has 2 fully saturated rings. The average Bonchev–Trinajstić information content (AvgIpc) is 3.35. The van der Waals surface area contributed by atoms with Gasteiger partial charge in [0.05, 0.1) is 5.56 Å². The number of halogens is 1. The van der Waals surface area contributed by atoms with E-state index in [2.05, 4.69) is 58.0 Å². The van der Waals surface area contributed by atoms with Crippen LogP contribution < -0.4 is 15.0 Å². The lowest BCUT2D eigenvalue weighted by Crippen LogP contribution is -2.62. The fourth-order valence-corrected chi connectivity index (χ4v) is 6.30. The summed E-state index contributed by atoms with van der Waals surface area (Å²) in [6, 6.07) is 4.52. The first-order valence-corrected chi connectivity index (χ1v) is 15.0. The van der Waals surface area contributed by atoms with E-state index in [1.807, 2.05) is 27.8 Å². The summed E-state index contributed by atoms with van der Waals surface area (Å²) in [7, 11) is 2.04. The number of amides is 1. The van der Waals surface area contributed by atoms with Crippen molar-refractivity contribution in [1.82, 2.24) is 30.3 Å². The monoisotopic (exact) mass is 569 g/mol. The number of carbonyl (C=O) groups is 1. The zero-order valence-corrected chi connectivity index (χ0v) is 26.1. The fraction of sp³-hybridized carbons (Fsp3) is 0.677. The van der Waals surface area contributed by atoms with Gasteiger partial charge in [0.15, 0.2) is 5.82 Å². The Bertz CT molecular complexity index is 1200. The highest BCUT2D eigenvalue weighted by atomic mass is 19.1. The Balaban J connectivity index is 1.48. The molecule has 2 aromatic rings. The Kier molecular flexibility index (Phi) is 9.53. The molecule has 4 rings (SSSR count). The van der Waals surface area contributed by atoms with E-state index in [9.17, 15) is 9.18 Å². The summed E-state index contributed by atoms with van der Waals surface area (Å²) in [4.78, 5) is 24.4. The number of rotatable bonds is 12. The third kappa shape index (κ3) is 6.97. The first-order chi connectivity index (χ1) is 19.4. The highest BCUT2D eigenvalue weighted by molar-refractivity contribution is 5.97. The molecule has 9 nitrogen and oxygen atoms in total. The van der Waals surface area contributed by atoms with E-state index in [1.54, 1.807) is 4.90 Å². The Morgan fingerprint density at radius 2 is 1.95 bits per heavy atom. The third-order valence-electron chi connectivity index (χ3n) is 8.97. The summed E-state index contributed by atoms with van der Waals surface area (Å²) in [6.45, 7) is 19.3. The maximum absolute atomic E-state index is 14.3. The van der Waals surface area contributed by atoms with Crippen LogP contribution >= 0.6 is 0 Å². The second-order valence-electron chi connectivity index (χ2n) is 13.1. The topological polar surface area (TPSA) is 86.7 Å². The standard InChI is InChI=1S/C31H48FN7O2/c1-9-39(22(4)5)29(40)24-16-23(32)10-11-26(24)41-28-27(34-20-35-36-28)37-15-14-31(17-37)18-38(19-31)25(21(2)3)12-13-30(6,7)33-8/h10-11,16,20-22,25,33H,9,12-15,17-19H2,1-8H3/t25-/m1/s1. The van der Waals surface area contributed by atoms with Gasteiger partial charge in [-0.1, -0.05) is 13.8 Å². The molecule has 2 aliphatic rings. The smallest absolute Gasteiger partial charge is 0.282 e. The van der Waals surface area contributed by atoms with Gasteiger partial charge < -0.3 is 19.9 Å². The Morgan fingerprint density at radius 1 is 1.22 bits per heavy atom. The van der Waals surface area contributed by atoms with Crippen molar-refractivity contribution in [2.24, 2.45) is 11.3 Å². The Hall–Kier alpha value is -2.85. The average molecular weight is 570 g/mol. The van der Waals surface area contributed by atoms with E-state index in [1.165, 1.54) is 30.9 Å². The molecule has 1 atom stereocenters. The van der Waals surface area contributed by atoms with Gasteiger partial charge in [0.1, 0.15) is 17.9 Å². The molecule has 2 aliphatic heterocycles. The summed E-state index contributed by atoms with van der Waals surface area (Å²) >= 11 is 0. The first-order valence-electron chi connectivity index (χ1n) is 15.0. The molecule has 3 heterocycles. The number of carbonyl (C=O) groups excluding carboxylic acids is 1. The van der Waals surface area contributed by atoms with Crippen molar-refractivity contribution in [1.29, 1.82) is 0 Å². The molecular weight excluding hydrogens is 521 g/mol. The lowest BCUT2D eigenvalue weighted by Gasteiger charge is -2.53. The molecule has 41 heavy (non-hydrogen) atoms. The Morgan fingerprint density at radius 3 is 2.59 bits per heavy atom. The molecule has 10 heteroatoms. The van der Waals surface area contributed by atoms with Crippen molar-refractivity contribution >= 4 is 11.7 Å². The van der Waals surface area contributed by atoms with E-state index in [4.69, 9.17) is 4.74 Å². The molecule has 0 bridgehead atoms. The molecule has 1 aromatic carbocycles. The van der Waals surface area contributed by atoms with Crippen LogP contribution in [0.3, 0.4) is 0 Å². The van der Waals surface area contributed by atoms with Crippen LogP contribution in [-0.4, -0.2) is 88.3 Å². The SMILES string of the molecule is CCN(C(=O)c1cc(F)ccc1Oc1nncnc1N1CCC2(C1)CN([C@H](CCC(C)(C)NC)C(C)C)C2)C(C)C. The van der Waals surface area contributed by atoms with Crippen LogP contribution in [0.15, 0.2) is 24.5 Å². The minimum atomic E-state index is -0.497. The van der Waals surface area contributed by atoms with Crippen LogP contribution in [0.25, 0.3) is 0 Å². The number of aromatic nitrogens is 3. The van der Waals surface area contributed by atoms with E-state index in [0.717, 1.165) is 39.0 Å². The molecule has 2 saturated heterocycles. The zero-order valence-electron chi connectivity index (χ0n) is 26.1. The quantitative estimate of drug-likeness (QED) is 0.383. The molecule has 0 radical (unpaired) electrons. The third-order valence-corrected chi connectivity index (χ3v) is 8.97. The molecule has 1 aromatic heterocycles. The summed E-state index contributed by atoms with van der Waals surface area (Å²) in [5.74, 6) is 0.877. The van der Waals surface area contributed by atoms with Crippen LogP contribution in [0.5, 0.6) is 11.6 Å². The van der Waals surface area contributed by atoms with Crippen LogP contribution in [0.2, 0.25) is 0 Å². The van der Waals surface area contributed by atoms with Gasteiger partial charge in [-0.2, -0.15) is 0 Å². The molecule has 226 valence electrons. The number of hydrogen-bond donors (Lipinski definition) is 1. The van der Waals surface area contributed by atoms with E-state index >= 15 is 0 Å². The predicted octanol–water partition coefficient (Wildman–Crippen LogP) is 4.99. The lowest BCUT2D eigenvalue weighted by molar-refractivity contribution is -0.0355. The van der Waals surface area contributed by atoms with Gasteiger partial charge in [-0.25, -0.2) is 9.37 Å². The largest absolute Gasteiger partial charge is 0.434 e. The predicted molar refractivity (Wildman–Crippen MR) is 160 cm³/mol. The lowest BCUT2D eigenvalue weighted by atomic mass is 9.76. The number of nitrogens with one attached hydrogen (secondary N) is 1. The molecule has 1 amide bonds. The van der Waals surface area contributed by atoms with E-state index in [-0.39, 0.29) is 40.1 Å². The minimum absolute atomic E-state index is 0.0368.